The molecule has 2 aromatic rings. The molecule has 0 saturated carbocycles. The van der Waals surface area contributed by atoms with Gasteiger partial charge in [0.2, 0.25) is 0 Å². The van der Waals surface area contributed by atoms with Crippen molar-refractivity contribution in [3.8, 4) is 0 Å². The van der Waals surface area contributed by atoms with Crippen molar-refractivity contribution >= 4 is 11.4 Å². The van der Waals surface area contributed by atoms with E-state index in [4.69, 9.17) is 0 Å². The molecule has 29 heavy (non-hydrogen) atoms. The van der Waals surface area contributed by atoms with Crippen molar-refractivity contribution in [2.75, 3.05) is 0 Å². The summed E-state index contributed by atoms with van der Waals surface area (Å²) < 4.78 is 0. The number of ketones is 1. The van der Waals surface area contributed by atoms with Gasteiger partial charge in [-0.3, -0.25) is 4.79 Å². The molecule has 0 unspecified atom stereocenters. The fourth-order valence-electron chi connectivity index (χ4n) is 5.02. The summed E-state index contributed by atoms with van der Waals surface area (Å²) in [7, 11) is 0. The first-order valence-electron chi connectivity index (χ1n) is 11.1. The van der Waals surface area contributed by atoms with Crippen LogP contribution < -0.4 is 0 Å². The lowest BCUT2D eigenvalue weighted by atomic mass is 9.62. The van der Waals surface area contributed by atoms with Crippen LogP contribution in [-0.2, 0) is 22.0 Å². The van der Waals surface area contributed by atoms with Gasteiger partial charge in [0.1, 0.15) is 0 Å². The van der Waals surface area contributed by atoms with E-state index in [9.17, 15) is 4.79 Å². The van der Waals surface area contributed by atoms with Crippen LogP contribution in [-0.4, -0.2) is 5.78 Å². The molecular formula is C28H34O. The quantitative estimate of drug-likeness (QED) is 0.551. The van der Waals surface area contributed by atoms with E-state index in [1.54, 1.807) is 0 Å². The summed E-state index contributed by atoms with van der Waals surface area (Å²) in [6, 6.07) is 13.6. The highest BCUT2D eigenvalue weighted by molar-refractivity contribution is 6.21. The predicted molar refractivity (Wildman–Crippen MR) is 123 cm³/mol. The molecule has 0 N–H and O–H groups in total. The summed E-state index contributed by atoms with van der Waals surface area (Å²) in [5, 5.41) is 0. The number of carbonyl (C=O) groups excluding carboxylic acids is 1. The molecule has 1 heteroatoms. The van der Waals surface area contributed by atoms with Gasteiger partial charge in [0.25, 0.3) is 0 Å². The molecule has 1 nitrogen and oxygen atoms in total. The summed E-state index contributed by atoms with van der Waals surface area (Å²) in [5.74, 6) is 0.291. The van der Waals surface area contributed by atoms with E-state index in [1.165, 1.54) is 40.7 Å². The van der Waals surface area contributed by atoms with E-state index in [1.807, 2.05) is 0 Å². The van der Waals surface area contributed by atoms with Gasteiger partial charge in [-0.2, -0.15) is 0 Å². The molecule has 0 amide bonds. The van der Waals surface area contributed by atoms with Gasteiger partial charge in [0.05, 0.1) is 0 Å². The third kappa shape index (κ3) is 3.84. The van der Waals surface area contributed by atoms with Gasteiger partial charge in [-0.1, -0.05) is 70.2 Å². The second kappa shape index (κ2) is 7.27. The number of aryl methyl sites for hydroxylation is 1. The van der Waals surface area contributed by atoms with Gasteiger partial charge in [-0.05, 0) is 83.2 Å². The number of allylic oxidation sites excluding steroid dienone is 2. The van der Waals surface area contributed by atoms with Crippen molar-refractivity contribution in [1.29, 1.82) is 0 Å². The SMILES string of the molecule is Cc1cc2c(cc1Cc1ccc(C3=CCCCC3=O)cc1)C(C)(C)CCC2(C)C. The third-order valence-electron chi connectivity index (χ3n) is 7.23. The fraction of sp³-hybridized carbons (Fsp3) is 0.464. The lowest BCUT2D eigenvalue weighted by Gasteiger charge is -2.42. The Kier molecular flexibility index (Phi) is 5.05. The Hall–Kier alpha value is -2.15. The molecular weight excluding hydrogens is 352 g/mol. The first-order valence-corrected chi connectivity index (χ1v) is 11.1. The van der Waals surface area contributed by atoms with Crippen LogP contribution in [0.2, 0.25) is 0 Å². The van der Waals surface area contributed by atoms with Crippen LogP contribution in [0.4, 0.5) is 0 Å². The van der Waals surface area contributed by atoms with Crippen LogP contribution in [0.1, 0.15) is 93.2 Å². The zero-order valence-electron chi connectivity index (χ0n) is 18.7. The van der Waals surface area contributed by atoms with Crippen molar-refractivity contribution in [2.24, 2.45) is 0 Å². The third-order valence-corrected chi connectivity index (χ3v) is 7.23. The van der Waals surface area contributed by atoms with Crippen molar-refractivity contribution < 1.29 is 4.79 Å². The maximum atomic E-state index is 12.2. The molecule has 152 valence electrons. The number of fused-ring (bicyclic) bond motifs is 1. The Morgan fingerprint density at radius 3 is 2.14 bits per heavy atom. The predicted octanol–water partition coefficient (Wildman–Crippen LogP) is 7.07. The van der Waals surface area contributed by atoms with E-state index in [0.29, 0.717) is 12.2 Å². The Morgan fingerprint density at radius 1 is 0.897 bits per heavy atom. The smallest absolute Gasteiger partial charge is 0.163 e. The topological polar surface area (TPSA) is 17.1 Å². The largest absolute Gasteiger partial charge is 0.294 e. The van der Waals surface area contributed by atoms with E-state index < -0.39 is 0 Å². The van der Waals surface area contributed by atoms with Crippen LogP contribution in [0, 0.1) is 6.92 Å². The van der Waals surface area contributed by atoms with Crippen molar-refractivity contribution in [3.05, 3.63) is 75.9 Å². The number of rotatable bonds is 3. The molecule has 4 rings (SSSR count). The molecule has 0 fully saturated rings. The Bertz CT molecular complexity index is 970. The molecule has 2 aliphatic carbocycles. The van der Waals surface area contributed by atoms with Crippen LogP contribution in [0.5, 0.6) is 0 Å². The Morgan fingerprint density at radius 2 is 1.52 bits per heavy atom. The monoisotopic (exact) mass is 386 g/mol. The maximum Gasteiger partial charge on any atom is 0.163 e. The highest BCUT2D eigenvalue weighted by atomic mass is 16.1. The molecule has 0 radical (unpaired) electrons. The molecule has 0 aliphatic heterocycles. The summed E-state index contributed by atoms with van der Waals surface area (Å²) in [6.07, 6.45) is 8.25. The number of hydrogen-bond acceptors (Lipinski definition) is 1. The zero-order valence-corrected chi connectivity index (χ0v) is 18.7. The van der Waals surface area contributed by atoms with Gasteiger partial charge < -0.3 is 0 Å². The lowest BCUT2D eigenvalue weighted by molar-refractivity contribution is -0.114. The van der Waals surface area contributed by atoms with Crippen LogP contribution in [0.25, 0.3) is 5.57 Å². The first-order chi connectivity index (χ1) is 13.7. The van der Waals surface area contributed by atoms with Crippen molar-refractivity contribution in [2.45, 2.75) is 84.0 Å². The van der Waals surface area contributed by atoms with E-state index in [2.05, 4.69) is 77.1 Å². The van der Waals surface area contributed by atoms with E-state index >= 15 is 0 Å². The number of benzene rings is 2. The molecule has 0 aromatic heterocycles. The summed E-state index contributed by atoms with van der Waals surface area (Å²) in [5.41, 5.74) is 9.69. The first kappa shape index (κ1) is 20.1. The van der Waals surface area contributed by atoms with Gasteiger partial charge >= 0.3 is 0 Å². The van der Waals surface area contributed by atoms with Crippen LogP contribution >= 0.6 is 0 Å². The normalized spacial score (nSPS) is 20.2. The van der Waals surface area contributed by atoms with Gasteiger partial charge in [-0.25, -0.2) is 0 Å². The van der Waals surface area contributed by atoms with Crippen LogP contribution in [0.15, 0.2) is 42.5 Å². The number of carbonyl (C=O) groups is 1. The highest BCUT2D eigenvalue weighted by Gasteiger charge is 2.37. The average molecular weight is 387 g/mol. The summed E-state index contributed by atoms with van der Waals surface area (Å²) in [6.45, 7) is 11.8. The summed E-state index contributed by atoms with van der Waals surface area (Å²) >= 11 is 0. The average Bonchev–Trinajstić information content (AvgIpc) is 2.68. The molecule has 0 spiro atoms. The molecule has 0 saturated heterocycles. The highest BCUT2D eigenvalue weighted by Crippen LogP contribution is 2.46. The Labute approximate surface area is 176 Å². The second-order valence-electron chi connectivity index (χ2n) is 10.4. The van der Waals surface area contributed by atoms with E-state index in [-0.39, 0.29) is 10.8 Å². The van der Waals surface area contributed by atoms with Crippen LogP contribution in [0.3, 0.4) is 0 Å². The minimum atomic E-state index is 0.241. The van der Waals surface area contributed by atoms with Gasteiger partial charge in [0.15, 0.2) is 5.78 Å². The number of Topliss-reactive ketones (excluding diaryl/α,β-unsaturated/α-hetero) is 1. The Balaban J connectivity index is 1.63. The zero-order chi connectivity index (χ0) is 20.8. The van der Waals surface area contributed by atoms with Gasteiger partial charge in [0, 0.05) is 12.0 Å². The van der Waals surface area contributed by atoms with Crippen molar-refractivity contribution in [1.82, 2.24) is 0 Å². The minimum Gasteiger partial charge on any atom is -0.294 e. The molecule has 0 atom stereocenters. The van der Waals surface area contributed by atoms with Gasteiger partial charge in [-0.15, -0.1) is 0 Å². The number of hydrogen-bond donors (Lipinski definition) is 0. The molecule has 2 aliphatic rings. The minimum absolute atomic E-state index is 0.241. The van der Waals surface area contributed by atoms with E-state index in [0.717, 1.165) is 30.4 Å². The standard InChI is InChI=1S/C28H34O/c1-19-16-24-25(28(4,5)15-14-27(24,2)3)18-22(19)17-20-10-12-21(13-11-20)23-8-6-7-9-26(23)29/h8,10-13,16,18H,6-7,9,14-15,17H2,1-5H3. The molecule has 0 heterocycles. The maximum absolute atomic E-state index is 12.2. The second-order valence-corrected chi connectivity index (χ2v) is 10.4. The molecule has 2 aromatic carbocycles. The fourth-order valence-corrected chi connectivity index (χ4v) is 5.02. The van der Waals surface area contributed by atoms with Crippen molar-refractivity contribution in [3.63, 3.8) is 0 Å². The lowest BCUT2D eigenvalue weighted by Crippen LogP contribution is -2.34. The summed E-state index contributed by atoms with van der Waals surface area (Å²) in [4.78, 5) is 12.2. The molecule has 0 bridgehead atoms.